The molecule has 0 saturated carbocycles. The molecule has 0 fully saturated rings. The van der Waals surface area contributed by atoms with E-state index in [1.807, 2.05) is 0 Å². The maximum atomic E-state index is 12.4. The minimum absolute atomic E-state index is 0.0578. The highest BCUT2D eigenvalue weighted by molar-refractivity contribution is 7.92. The van der Waals surface area contributed by atoms with Gasteiger partial charge in [-0.1, -0.05) is 0 Å². The molecule has 0 spiro atoms. The van der Waals surface area contributed by atoms with Crippen LogP contribution in [-0.4, -0.2) is 24.5 Å². The highest BCUT2D eigenvalue weighted by Crippen LogP contribution is 2.25. The number of amides is 1. The summed E-state index contributed by atoms with van der Waals surface area (Å²) < 4.78 is 27.1. The zero-order valence-corrected chi connectivity index (χ0v) is 12.3. The zero-order chi connectivity index (χ0) is 15.8. The van der Waals surface area contributed by atoms with E-state index in [4.69, 9.17) is 11.5 Å². The number of nitrogens with zero attached hydrogens (tertiary/aromatic N) is 1. The third kappa shape index (κ3) is 2.82. The van der Waals surface area contributed by atoms with Gasteiger partial charge in [-0.05, 0) is 32.0 Å². The van der Waals surface area contributed by atoms with E-state index in [1.54, 1.807) is 13.8 Å². The summed E-state index contributed by atoms with van der Waals surface area (Å²) in [5, 5.41) is 6.59. The molecule has 2 rings (SSSR count). The first-order valence-corrected chi connectivity index (χ1v) is 7.44. The van der Waals surface area contributed by atoms with E-state index in [1.165, 1.54) is 18.2 Å². The SMILES string of the molecule is Cc1n[nH]c(C)c1NS(=O)(=O)c1ccc(C(N)=O)cc1N. The van der Waals surface area contributed by atoms with Crippen molar-refractivity contribution in [3.05, 3.63) is 35.2 Å². The number of aromatic nitrogens is 2. The number of anilines is 2. The van der Waals surface area contributed by atoms with Crippen molar-refractivity contribution in [2.24, 2.45) is 5.73 Å². The Hall–Kier alpha value is -2.55. The Morgan fingerprint density at radius 3 is 2.48 bits per heavy atom. The predicted molar refractivity (Wildman–Crippen MR) is 78.2 cm³/mol. The Balaban J connectivity index is 2.43. The standard InChI is InChI=1S/C12H15N5O3S/c1-6-11(7(2)16-15-6)17-21(19,20)10-4-3-8(12(14)18)5-9(10)13/h3-5,17H,13H2,1-2H3,(H2,14,18)(H,15,16). The molecule has 9 heteroatoms. The molecule has 0 radical (unpaired) electrons. The van der Waals surface area contributed by atoms with E-state index in [2.05, 4.69) is 14.9 Å². The second-order valence-electron chi connectivity index (χ2n) is 4.53. The molecule has 0 unspecified atom stereocenters. The van der Waals surface area contributed by atoms with Crippen LogP contribution in [0.1, 0.15) is 21.7 Å². The molecule has 0 atom stereocenters. The normalized spacial score (nSPS) is 11.3. The van der Waals surface area contributed by atoms with Crippen LogP contribution in [0.4, 0.5) is 11.4 Å². The van der Waals surface area contributed by atoms with Gasteiger partial charge < -0.3 is 11.5 Å². The third-order valence-electron chi connectivity index (χ3n) is 2.95. The van der Waals surface area contributed by atoms with Crippen molar-refractivity contribution in [1.29, 1.82) is 0 Å². The van der Waals surface area contributed by atoms with Crippen molar-refractivity contribution in [3.8, 4) is 0 Å². The van der Waals surface area contributed by atoms with Crippen LogP contribution in [0, 0.1) is 13.8 Å². The van der Waals surface area contributed by atoms with E-state index in [0.717, 1.165) is 0 Å². The van der Waals surface area contributed by atoms with Crippen molar-refractivity contribution < 1.29 is 13.2 Å². The van der Waals surface area contributed by atoms with Crippen LogP contribution in [-0.2, 0) is 10.0 Å². The number of nitrogen functional groups attached to an aromatic ring is 1. The van der Waals surface area contributed by atoms with Gasteiger partial charge in [-0.15, -0.1) is 0 Å². The zero-order valence-electron chi connectivity index (χ0n) is 11.5. The molecule has 2 aromatic rings. The number of rotatable bonds is 4. The Bertz CT molecular complexity index is 791. The quantitative estimate of drug-likeness (QED) is 0.608. The summed E-state index contributed by atoms with van der Waals surface area (Å²) in [6.07, 6.45) is 0. The van der Waals surface area contributed by atoms with E-state index in [9.17, 15) is 13.2 Å². The lowest BCUT2D eigenvalue weighted by Crippen LogP contribution is -2.17. The average Bonchev–Trinajstić information content (AvgIpc) is 2.69. The molecule has 0 saturated heterocycles. The number of aryl methyl sites for hydroxylation is 2. The summed E-state index contributed by atoms with van der Waals surface area (Å²) in [5.74, 6) is -0.680. The lowest BCUT2D eigenvalue weighted by molar-refractivity contribution is 0.1000. The van der Waals surface area contributed by atoms with Gasteiger partial charge in [0.25, 0.3) is 10.0 Å². The number of H-pyrrole nitrogens is 1. The van der Waals surface area contributed by atoms with Crippen LogP contribution in [0.2, 0.25) is 0 Å². The lowest BCUT2D eigenvalue weighted by atomic mass is 10.2. The van der Waals surface area contributed by atoms with Gasteiger partial charge in [0, 0.05) is 5.56 Å². The van der Waals surface area contributed by atoms with Crippen molar-refractivity contribution in [3.63, 3.8) is 0 Å². The molecule has 21 heavy (non-hydrogen) atoms. The third-order valence-corrected chi connectivity index (χ3v) is 4.37. The molecule has 0 aliphatic rings. The Labute approximate surface area is 121 Å². The number of aromatic amines is 1. The maximum absolute atomic E-state index is 12.4. The number of hydrogen-bond acceptors (Lipinski definition) is 5. The number of sulfonamides is 1. The van der Waals surface area contributed by atoms with Crippen LogP contribution in [0.25, 0.3) is 0 Å². The van der Waals surface area contributed by atoms with Gasteiger partial charge in [-0.2, -0.15) is 5.10 Å². The Morgan fingerprint density at radius 1 is 1.33 bits per heavy atom. The van der Waals surface area contributed by atoms with Crippen LogP contribution in [0.5, 0.6) is 0 Å². The van der Waals surface area contributed by atoms with Gasteiger partial charge in [-0.3, -0.25) is 14.6 Å². The number of hydrogen-bond donors (Lipinski definition) is 4. The monoisotopic (exact) mass is 309 g/mol. The van der Waals surface area contributed by atoms with Gasteiger partial charge in [0.05, 0.1) is 22.8 Å². The van der Waals surface area contributed by atoms with E-state index >= 15 is 0 Å². The van der Waals surface area contributed by atoms with Crippen LogP contribution in [0.15, 0.2) is 23.1 Å². The summed E-state index contributed by atoms with van der Waals surface area (Å²) in [6.45, 7) is 3.36. The first-order chi connectivity index (χ1) is 9.72. The second-order valence-corrected chi connectivity index (χ2v) is 6.18. The van der Waals surface area contributed by atoms with Gasteiger partial charge in [-0.25, -0.2) is 8.42 Å². The van der Waals surface area contributed by atoms with Gasteiger partial charge in [0.2, 0.25) is 5.91 Å². The summed E-state index contributed by atoms with van der Waals surface area (Å²) >= 11 is 0. The molecule has 1 aromatic heterocycles. The van der Waals surface area contributed by atoms with Crippen molar-refractivity contribution in [2.75, 3.05) is 10.5 Å². The van der Waals surface area contributed by atoms with Crippen LogP contribution in [0.3, 0.4) is 0 Å². The molecule has 0 aliphatic carbocycles. The van der Waals surface area contributed by atoms with Crippen molar-refractivity contribution >= 4 is 27.3 Å². The first kappa shape index (κ1) is 14.9. The molecule has 112 valence electrons. The van der Waals surface area contributed by atoms with Crippen LogP contribution >= 0.6 is 0 Å². The van der Waals surface area contributed by atoms with Crippen LogP contribution < -0.4 is 16.2 Å². The summed E-state index contributed by atoms with van der Waals surface area (Å²) in [6, 6.07) is 3.77. The fourth-order valence-electron chi connectivity index (χ4n) is 1.84. The van der Waals surface area contributed by atoms with Gasteiger partial charge >= 0.3 is 0 Å². The smallest absolute Gasteiger partial charge is 0.264 e. The number of carbonyl (C=O) groups is 1. The van der Waals surface area contributed by atoms with Gasteiger partial charge in [0.15, 0.2) is 0 Å². The lowest BCUT2D eigenvalue weighted by Gasteiger charge is -2.11. The molecule has 8 nitrogen and oxygen atoms in total. The minimum Gasteiger partial charge on any atom is -0.398 e. The first-order valence-electron chi connectivity index (χ1n) is 5.96. The predicted octanol–water partition coefficient (Wildman–Crippen LogP) is 0.508. The molecule has 1 heterocycles. The largest absolute Gasteiger partial charge is 0.398 e. The summed E-state index contributed by atoms with van der Waals surface area (Å²) in [7, 11) is -3.89. The highest BCUT2D eigenvalue weighted by atomic mass is 32.2. The number of carbonyl (C=O) groups excluding carboxylic acids is 1. The molecule has 6 N–H and O–H groups in total. The number of nitrogens with one attached hydrogen (secondary N) is 2. The van der Waals surface area contributed by atoms with Gasteiger partial charge in [0.1, 0.15) is 4.90 Å². The van der Waals surface area contributed by atoms with Crippen molar-refractivity contribution in [1.82, 2.24) is 10.2 Å². The molecule has 1 aromatic carbocycles. The Kier molecular flexibility index (Phi) is 3.60. The summed E-state index contributed by atoms with van der Waals surface area (Å²) in [4.78, 5) is 10.9. The number of nitrogens with two attached hydrogens (primary N) is 2. The van der Waals surface area contributed by atoms with E-state index in [-0.39, 0.29) is 16.1 Å². The maximum Gasteiger partial charge on any atom is 0.264 e. The Morgan fingerprint density at radius 2 is 2.00 bits per heavy atom. The highest BCUT2D eigenvalue weighted by Gasteiger charge is 2.21. The number of primary amides is 1. The molecular weight excluding hydrogens is 294 g/mol. The molecule has 0 bridgehead atoms. The summed E-state index contributed by atoms with van der Waals surface area (Å²) in [5.41, 5.74) is 12.4. The molecule has 1 amide bonds. The fraction of sp³-hybridized carbons (Fsp3) is 0.167. The van der Waals surface area contributed by atoms with E-state index < -0.39 is 15.9 Å². The van der Waals surface area contributed by atoms with Crippen molar-refractivity contribution in [2.45, 2.75) is 18.7 Å². The minimum atomic E-state index is -3.89. The van der Waals surface area contributed by atoms with E-state index in [0.29, 0.717) is 17.1 Å². The number of benzene rings is 1. The molecular formula is C12H15N5O3S. The topological polar surface area (TPSA) is 144 Å². The fourth-order valence-corrected chi connectivity index (χ4v) is 3.13. The molecule has 0 aliphatic heterocycles. The average molecular weight is 309 g/mol. The second kappa shape index (κ2) is 5.09.